The van der Waals surface area contributed by atoms with Crippen molar-refractivity contribution >= 4 is 28.7 Å². The number of imidazole rings is 1. The van der Waals surface area contributed by atoms with Gasteiger partial charge in [-0.05, 0) is 67.8 Å². The summed E-state index contributed by atoms with van der Waals surface area (Å²) in [7, 11) is 0. The predicted octanol–water partition coefficient (Wildman–Crippen LogP) is 4.76. The smallest absolute Gasteiger partial charge is 0.292 e. The molecule has 0 saturated heterocycles. The van der Waals surface area contributed by atoms with Crippen LogP contribution in [-0.4, -0.2) is 21.2 Å². The van der Waals surface area contributed by atoms with Gasteiger partial charge >= 0.3 is 0 Å². The van der Waals surface area contributed by atoms with E-state index in [1.807, 2.05) is 69.3 Å². The Labute approximate surface area is 174 Å². The van der Waals surface area contributed by atoms with Crippen LogP contribution in [0, 0.1) is 20.8 Å². The van der Waals surface area contributed by atoms with Crippen molar-refractivity contribution in [2.45, 2.75) is 20.8 Å². The van der Waals surface area contributed by atoms with Crippen LogP contribution in [0.15, 0.2) is 66.9 Å². The third-order valence-corrected chi connectivity index (χ3v) is 5.12. The number of rotatable bonds is 4. The topological polar surface area (TPSA) is 75.5 Å². The van der Waals surface area contributed by atoms with E-state index in [0.29, 0.717) is 16.9 Å². The van der Waals surface area contributed by atoms with E-state index in [-0.39, 0.29) is 23.3 Å². The summed E-state index contributed by atoms with van der Waals surface area (Å²) in [6.45, 7) is 5.93. The highest BCUT2D eigenvalue weighted by atomic mass is 16.2. The zero-order chi connectivity index (χ0) is 21.3. The number of carbonyl (C=O) groups is 2. The quantitative estimate of drug-likeness (QED) is 0.520. The first-order valence-corrected chi connectivity index (χ1v) is 9.66. The minimum atomic E-state index is -0.380. The van der Waals surface area contributed by atoms with Gasteiger partial charge in [-0.3, -0.25) is 14.0 Å². The molecule has 2 aromatic carbocycles. The van der Waals surface area contributed by atoms with Crippen LogP contribution in [-0.2, 0) is 0 Å². The first kappa shape index (κ1) is 19.4. The number of pyridine rings is 1. The van der Waals surface area contributed by atoms with Gasteiger partial charge in [-0.25, -0.2) is 4.98 Å². The van der Waals surface area contributed by atoms with Gasteiger partial charge in [-0.1, -0.05) is 30.3 Å². The molecule has 0 bridgehead atoms. The fourth-order valence-electron chi connectivity index (χ4n) is 3.27. The Bertz CT molecular complexity index is 1270. The van der Waals surface area contributed by atoms with E-state index < -0.39 is 0 Å². The summed E-state index contributed by atoms with van der Waals surface area (Å²) in [5.74, 6) is -0.591. The number of aromatic nitrogens is 2. The summed E-state index contributed by atoms with van der Waals surface area (Å²) in [4.78, 5) is 30.3. The lowest BCUT2D eigenvalue weighted by molar-refractivity contribution is 0.101. The third kappa shape index (κ3) is 3.67. The lowest BCUT2D eigenvalue weighted by Gasteiger charge is -2.07. The normalized spacial score (nSPS) is 10.8. The average molecular weight is 398 g/mol. The zero-order valence-corrected chi connectivity index (χ0v) is 17.1. The van der Waals surface area contributed by atoms with E-state index in [0.717, 1.165) is 16.7 Å². The highest BCUT2D eigenvalue weighted by molar-refractivity contribution is 6.10. The number of para-hydroxylation sites is 1. The summed E-state index contributed by atoms with van der Waals surface area (Å²) in [5.41, 5.74) is 5.33. The van der Waals surface area contributed by atoms with E-state index in [2.05, 4.69) is 15.6 Å². The summed E-state index contributed by atoms with van der Waals surface area (Å²) in [6.07, 6.45) is 1.72. The lowest BCUT2D eigenvalue weighted by Crippen LogP contribution is -2.16. The second-order valence-corrected chi connectivity index (χ2v) is 7.26. The molecule has 0 atom stereocenters. The maximum absolute atomic E-state index is 12.9. The minimum absolute atomic E-state index is 0.152. The lowest BCUT2D eigenvalue weighted by atomic mass is 10.1. The number of benzene rings is 2. The molecule has 0 aliphatic carbocycles. The minimum Gasteiger partial charge on any atom is -0.320 e. The molecule has 0 aliphatic rings. The van der Waals surface area contributed by atoms with Crippen LogP contribution in [0.3, 0.4) is 0 Å². The Morgan fingerprint density at radius 1 is 0.800 bits per heavy atom. The van der Waals surface area contributed by atoms with Crippen molar-refractivity contribution in [1.29, 1.82) is 0 Å². The van der Waals surface area contributed by atoms with Crippen molar-refractivity contribution in [3.05, 3.63) is 95.1 Å². The molecule has 2 aromatic heterocycles. The van der Waals surface area contributed by atoms with Crippen LogP contribution in [0.5, 0.6) is 0 Å². The maximum Gasteiger partial charge on any atom is 0.292 e. The van der Waals surface area contributed by atoms with E-state index in [9.17, 15) is 9.59 Å². The molecule has 0 fully saturated rings. The van der Waals surface area contributed by atoms with Crippen LogP contribution < -0.4 is 10.6 Å². The van der Waals surface area contributed by atoms with Gasteiger partial charge in [-0.2, -0.15) is 0 Å². The second-order valence-electron chi connectivity index (χ2n) is 7.26. The van der Waals surface area contributed by atoms with Crippen LogP contribution in [0.25, 0.3) is 5.52 Å². The molecule has 6 heteroatoms. The molecule has 2 N–H and O–H groups in total. The van der Waals surface area contributed by atoms with Gasteiger partial charge in [0.05, 0.1) is 5.52 Å². The zero-order valence-electron chi connectivity index (χ0n) is 17.1. The molecular formula is C24H22N4O2. The van der Waals surface area contributed by atoms with E-state index in [4.69, 9.17) is 0 Å². The van der Waals surface area contributed by atoms with Crippen LogP contribution in [0.2, 0.25) is 0 Å². The largest absolute Gasteiger partial charge is 0.320 e. The number of hydrogen-bond donors (Lipinski definition) is 2. The number of amides is 2. The van der Waals surface area contributed by atoms with Crippen molar-refractivity contribution in [2.24, 2.45) is 0 Å². The summed E-state index contributed by atoms with van der Waals surface area (Å²) < 4.78 is 1.63. The maximum atomic E-state index is 12.9. The Balaban J connectivity index is 1.68. The molecule has 0 spiro atoms. The van der Waals surface area contributed by atoms with Crippen LogP contribution in [0.1, 0.15) is 37.8 Å². The van der Waals surface area contributed by atoms with E-state index >= 15 is 0 Å². The van der Waals surface area contributed by atoms with Gasteiger partial charge in [0.1, 0.15) is 0 Å². The molecule has 6 nitrogen and oxygen atoms in total. The third-order valence-electron chi connectivity index (χ3n) is 5.12. The van der Waals surface area contributed by atoms with Crippen molar-refractivity contribution in [3.63, 3.8) is 0 Å². The molecule has 0 aliphatic heterocycles. The van der Waals surface area contributed by atoms with Gasteiger partial charge in [0, 0.05) is 17.6 Å². The number of nitrogens with one attached hydrogen (secondary N) is 2. The summed E-state index contributed by atoms with van der Waals surface area (Å²) in [6, 6.07) is 18.6. The SMILES string of the molecule is Cc1ccc(NC(=O)c2nc(C(=O)Nc3ccccc3C)c3ccccn23)cc1C. The summed E-state index contributed by atoms with van der Waals surface area (Å²) in [5, 5.41) is 5.76. The van der Waals surface area contributed by atoms with Crippen molar-refractivity contribution in [3.8, 4) is 0 Å². The molecular weight excluding hydrogens is 376 g/mol. The monoisotopic (exact) mass is 398 g/mol. The number of nitrogens with zero attached hydrogens (tertiary/aromatic N) is 2. The average Bonchev–Trinajstić information content (AvgIpc) is 3.12. The van der Waals surface area contributed by atoms with Gasteiger partial charge in [0.15, 0.2) is 5.69 Å². The molecule has 0 saturated carbocycles. The number of aryl methyl sites for hydroxylation is 3. The number of hydrogen-bond acceptors (Lipinski definition) is 3. The first-order valence-electron chi connectivity index (χ1n) is 9.66. The van der Waals surface area contributed by atoms with Gasteiger partial charge in [0.2, 0.25) is 5.82 Å². The molecule has 2 amide bonds. The molecule has 0 unspecified atom stereocenters. The molecule has 0 radical (unpaired) electrons. The van der Waals surface area contributed by atoms with Gasteiger partial charge < -0.3 is 10.6 Å². The highest BCUT2D eigenvalue weighted by Crippen LogP contribution is 2.20. The predicted molar refractivity (Wildman–Crippen MR) is 118 cm³/mol. The molecule has 2 heterocycles. The number of carbonyl (C=O) groups excluding carboxylic acids is 2. The Morgan fingerprint density at radius 3 is 2.33 bits per heavy atom. The number of anilines is 2. The van der Waals surface area contributed by atoms with Gasteiger partial charge in [0.25, 0.3) is 11.8 Å². The van der Waals surface area contributed by atoms with Crippen molar-refractivity contribution < 1.29 is 9.59 Å². The summed E-state index contributed by atoms with van der Waals surface area (Å²) >= 11 is 0. The van der Waals surface area contributed by atoms with Gasteiger partial charge in [-0.15, -0.1) is 0 Å². The molecule has 150 valence electrons. The van der Waals surface area contributed by atoms with Crippen molar-refractivity contribution in [1.82, 2.24) is 9.38 Å². The Hall–Kier alpha value is -3.93. The molecule has 4 aromatic rings. The standard InChI is InChI=1S/C24H22N4O2/c1-15-11-12-18(14-17(15)3)25-24(30)22-27-21(20-10-6-7-13-28(20)22)23(29)26-19-9-5-4-8-16(19)2/h4-14H,1-3H3,(H,25,30)(H,26,29). The van der Waals surface area contributed by atoms with Crippen LogP contribution >= 0.6 is 0 Å². The Kier molecular flexibility index (Phi) is 5.06. The molecule has 4 rings (SSSR count). The van der Waals surface area contributed by atoms with E-state index in [1.54, 1.807) is 22.7 Å². The van der Waals surface area contributed by atoms with E-state index in [1.165, 1.54) is 0 Å². The highest BCUT2D eigenvalue weighted by Gasteiger charge is 2.22. The Morgan fingerprint density at radius 2 is 1.57 bits per heavy atom. The first-order chi connectivity index (χ1) is 14.4. The second kappa shape index (κ2) is 7.83. The number of fused-ring (bicyclic) bond motifs is 1. The molecule has 30 heavy (non-hydrogen) atoms. The fourth-order valence-corrected chi connectivity index (χ4v) is 3.27. The van der Waals surface area contributed by atoms with Crippen LogP contribution in [0.4, 0.5) is 11.4 Å². The fraction of sp³-hybridized carbons (Fsp3) is 0.125. The van der Waals surface area contributed by atoms with Crippen molar-refractivity contribution in [2.75, 3.05) is 10.6 Å².